The summed E-state index contributed by atoms with van der Waals surface area (Å²) < 4.78 is 10.8. The number of carbonyl (C=O) groups excluding carboxylic acids is 1. The van der Waals surface area contributed by atoms with Crippen LogP contribution in [0.2, 0.25) is 5.02 Å². The second-order valence-electron chi connectivity index (χ2n) is 5.99. The quantitative estimate of drug-likeness (QED) is 0.494. The molecule has 0 aliphatic heterocycles. The normalized spacial score (nSPS) is 10.9. The van der Waals surface area contributed by atoms with Gasteiger partial charge in [0.05, 0.1) is 12.8 Å². The Morgan fingerprint density at radius 3 is 2.70 bits per heavy atom. The van der Waals surface area contributed by atoms with Crippen molar-refractivity contribution in [2.24, 2.45) is 0 Å². The highest BCUT2D eigenvalue weighted by Crippen LogP contribution is 2.29. The lowest BCUT2D eigenvalue weighted by molar-refractivity contribution is 0.102. The van der Waals surface area contributed by atoms with Gasteiger partial charge in [0.25, 0.3) is 5.91 Å². The van der Waals surface area contributed by atoms with Gasteiger partial charge in [-0.15, -0.1) is 0 Å². The molecular formula is C21H15ClN2O3. The Morgan fingerprint density at radius 1 is 1.07 bits per heavy atom. The number of benzene rings is 3. The zero-order valence-electron chi connectivity index (χ0n) is 14.4. The Hall–Kier alpha value is -3.31. The lowest BCUT2D eigenvalue weighted by Gasteiger charge is -2.11. The molecule has 0 fully saturated rings. The average Bonchev–Trinajstić information content (AvgIpc) is 2.67. The Labute approximate surface area is 159 Å². The molecular weight excluding hydrogens is 364 g/mol. The average molecular weight is 379 g/mol. The second kappa shape index (κ2) is 6.78. The molecule has 134 valence electrons. The van der Waals surface area contributed by atoms with Crippen LogP contribution in [0.4, 0.5) is 5.69 Å². The molecule has 0 aliphatic rings. The molecule has 6 heteroatoms. The Morgan fingerprint density at radius 2 is 1.89 bits per heavy atom. The fourth-order valence-electron chi connectivity index (χ4n) is 3.02. The first-order chi connectivity index (χ1) is 13.1. The Balaban J connectivity index is 1.82. The van der Waals surface area contributed by atoms with Crippen LogP contribution in [0.1, 0.15) is 10.4 Å². The predicted molar refractivity (Wildman–Crippen MR) is 106 cm³/mol. The van der Waals surface area contributed by atoms with Crippen molar-refractivity contribution >= 4 is 44.9 Å². The van der Waals surface area contributed by atoms with Crippen molar-refractivity contribution in [1.29, 1.82) is 5.41 Å². The molecule has 4 aromatic rings. The number of halogens is 1. The maximum atomic E-state index is 12.8. The van der Waals surface area contributed by atoms with Gasteiger partial charge in [-0.3, -0.25) is 10.2 Å². The first-order valence-corrected chi connectivity index (χ1v) is 8.60. The Kier molecular flexibility index (Phi) is 4.30. The molecule has 27 heavy (non-hydrogen) atoms. The molecule has 1 aromatic heterocycles. The summed E-state index contributed by atoms with van der Waals surface area (Å²) in [6.07, 6.45) is 0. The number of carbonyl (C=O) groups is 1. The molecule has 0 bridgehead atoms. The van der Waals surface area contributed by atoms with Gasteiger partial charge in [-0.25, -0.2) is 0 Å². The summed E-state index contributed by atoms with van der Waals surface area (Å²) in [5, 5.41) is 14.1. The van der Waals surface area contributed by atoms with E-state index in [1.165, 1.54) is 7.11 Å². The summed E-state index contributed by atoms with van der Waals surface area (Å²) in [5.41, 5.74) is 0.889. The zero-order chi connectivity index (χ0) is 19.0. The number of amides is 1. The molecule has 2 N–H and O–H groups in total. The third-order valence-electron chi connectivity index (χ3n) is 4.33. The number of methoxy groups -OCH3 is 1. The molecule has 0 saturated heterocycles. The van der Waals surface area contributed by atoms with E-state index >= 15 is 0 Å². The van der Waals surface area contributed by atoms with E-state index in [0.29, 0.717) is 22.0 Å². The number of rotatable bonds is 3. The molecule has 5 nitrogen and oxygen atoms in total. The van der Waals surface area contributed by atoms with Gasteiger partial charge in [0.2, 0.25) is 5.55 Å². The number of hydrogen-bond acceptors (Lipinski definition) is 4. The molecule has 4 rings (SSSR count). The highest BCUT2D eigenvalue weighted by atomic mass is 35.5. The number of fused-ring (bicyclic) bond motifs is 3. The summed E-state index contributed by atoms with van der Waals surface area (Å²) in [4.78, 5) is 12.8. The van der Waals surface area contributed by atoms with E-state index in [-0.39, 0.29) is 11.1 Å². The molecule has 0 unspecified atom stereocenters. The highest BCUT2D eigenvalue weighted by molar-refractivity contribution is 6.31. The fourth-order valence-corrected chi connectivity index (χ4v) is 3.20. The Bertz CT molecular complexity index is 1250. The van der Waals surface area contributed by atoms with Gasteiger partial charge in [-0.1, -0.05) is 41.9 Å². The van der Waals surface area contributed by atoms with Crippen LogP contribution in [-0.4, -0.2) is 13.0 Å². The summed E-state index contributed by atoms with van der Waals surface area (Å²) in [6.45, 7) is 0. The van der Waals surface area contributed by atoms with Crippen molar-refractivity contribution in [3.63, 3.8) is 0 Å². The van der Waals surface area contributed by atoms with E-state index < -0.39 is 5.91 Å². The number of anilines is 1. The van der Waals surface area contributed by atoms with Crippen molar-refractivity contribution < 1.29 is 13.9 Å². The number of hydrogen-bond donors (Lipinski definition) is 2. The van der Waals surface area contributed by atoms with E-state index in [2.05, 4.69) is 5.32 Å². The minimum atomic E-state index is -0.473. The first kappa shape index (κ1) is 17.1. The first-order valence-electron chi connectivity index (χ1n) is 8.22. The molecule has 0 saturated carbocycles. The largest absolute Gasteiger partial charge is 0.495 e. The van der Waals surface area contributed by atoms with E-state index in [1.807, 2.05) is 30.3 Å². The van der Waals surface area contributed by atoms with Crippen molar-refractivity contribution in [3.8, 4) is 5.75 Å². The van der Waals surface area contributed by atoms with Gasteiger partial charge >= 0.3 is 0 Å². The maximum absolute atomic E-state index is 12.8. The molecule has 0 atom stereocenters. The molecule has 1 heterocycles. The summed E-state index contributed by atoms with van der Waals surface area (Å²) >= 11 is 6.02. The van der Waals surface area contributed by atoms with Crippen molar-refractivity contribution in [2.75, 3.05) is 12.4 Å². The third-order valence-corrected chi connectivity index (χ3v) is 4.57. The zero-order valence-corrected chi connectivity index (χ0v) is 15.1. The number of nitrogens with one attached hydrogen (secondary N) is 2. The van der Waals surface area contributed by atoms with Crippen LogP contribution in [0.5, 0.6) is 5.75 Å². The SMILES string of the molecule is COc1ccc(Cl)cc1NC(=O)c1cc2c(ccc3ccccc32)oc1=N. The van der Waals surface area contributed by atoms with Gasteiger partial charge in [-0.2, -0.15) is 0 Å². The van der Waals surface area contributed by atoms with Crippen LogP contribution >= 0.6 is 11.6 Å². The van der Waals surface area contributed by atoms with Gasteiger partial charge in [-0.05, 0) is 41.1 Å². The molecule has 1 amide bonds. The van der Waals surface area contributed by atoms with Gasteiger partial charge in [0, 0.05) is 10.4 Å². The number of ether oxygens (including phenoxy) is 1. The monoisotopic (exact) mass is 378 g/mol. The van der Waals surface area contributed by atoms with Crippen molar-refractivity contribution in [2.45, 2.75) is 0 Å². The fraction of sp³-hybridized carbons (Fsp3) is 0.0476. The van der Waals surface area contributed by atoms with Crippen LogP contribution in [0.15, 0.2) is 65.1 Å². The molecule has 0 spiro atoms. The van der Waals surface area contributed by atoms with Crippen LogP contribution in [0.3, 0.4) is 0 Å². The van der Waals surface area contributed by atoms with Crippen LogP contribution < -0.4 is 15.6 Å². The lowest BCUT2D eigenvalue weighted by Crippen LogP contribution is -2.21. The van der Waals surface area contributed by atoms with Crippen molar-refractivity contribution in [3.05, 3.63) is 76.8 Å². The summed E-state index contributed by atoms with van der Waals surface area (Å²) in [5.74, 6) is 0.00149. The highest BCUT2D eigenvalue weighted by Gasteiger charge is 2.15. The third kappa shape index (κ3) is 3.13. The van der Waals surface area contributed by atoms with E-state index in [0.717, 1.165) is 16.2 Å². The topological polar surface area (TPSA) is 75.3 Å². The smallest absolute Gasteiger partial charge is 0.261 e. The maximum Gasteiger partial charge on any atom is 0.261 e. The lowest BCUT2D eigenvalue weighted by atomic mass is 10.0. The standard InChI is InChI=1S/C21H15ClN2O3/c1-26-19-9-7-13(22)10-17(19)24-21(25)16-11-15-14-5-3-2-4-12(14)6-8-18(15)27-20(16)23/h2-11,23H,1H3,(H,24,25). The van der Waals surface area contributed by atoms with E-state index in [4.69, 9.17) is 26.2 Å². The van der Waals surface area contributed by atoms with Crippen LogP contribution in [0, 0.1) is 5.41 Å². The van der Waals surface area contributed by atoms with Gasteiger partial charge < -0.3 is 14.5 Å². The summed E-state index contributed by atoms with van der Waals surface area (Å²) in [7, 11) is 1.51. The molecule has 3 aromatic carbocycles. The van der Waals surface area contributed by atoms with Gasteiger partial charge in [0.1, 0.15) is 16.9 Å². The van der Waals surface area contributed by atoms with Crippen LogP contribution in [-0.2, 0) is 0 Å². The minimum Gasteiger partial charge on any atom is -0.495 e. The molecule has 0 radical (unpaired) electrons. The predicted octanol–water partition coefficient (Wildman–Crippen LogP) is 4.98. The molecule has 0 aliphatic carbocycles. The van der Waals surface area contributed by atoms with Crippen molar-refractivity contribution in [1.82, 2.24) is 0 Å². The van der Waals surface area contributed by atoms with E-state index in [1.54, 1.807) is 30.3 Å². The van der Waals surface area contributed by atoms with Crippen LogP contribution in [0.25, 0.3) is 21.7 Å². The minimum absolute atomic E-state index is 0.126. The van der Waals surface area contributed by atoms with E-state index in [9.17, 15) is 4.79 Å². The summed E-state index contributed by atoms with van der Waals surface area (Å²) in [6, 6.07) is 18.1. The second-order valence-corrected chi connectivity index (χ2v) is 6.42. The van der Waals surface area contributed by atoms with Gasteiger partial charge in [0.15, 0.2) is 0 Å².